The minimum absolute atomic E-state index is 0.0567. The zero-order valence-electron chi connectivity index (χ0n) is 19.3. The Kier molecular flexibility index (Phi) is 6.93. The van der Waals surface area contributed by atoms with E-state index in [-0.39, 0.29) is 24.8 Å². The number of nitrogens with one attached hydrogen (secondary N) is 1. The molecule has 178 valence electrons. The van der Waals surface area contributed by atoms with Crippen molar-refractivity contribution in [3.8, 4) is 0 Å². The molecule has 0 unspecified atom stereocenters. The predicted octanol–water partition coefficient (Wildman–Crippen LogP) is 3.45. The van der Waals surface area contributed by atoms with E-state index in [1.165, 1.54) is 11.3 Å². The van der Waals surface area contributed by atoms with E-state index in [1.54, 1.807) is 21.3 Å². The highest BCUT2D eigenvalue weighted by Crippen LogP contribution is 2.29. The summed E-state index contributed by atoms with van der Waals surface area (Å²) >= 11 is 1.20. The molecule has 0 radical (unpaired) electrons. The summed E-state index contributed by atoms with van der Waals surface area (Å²) in [6.07, 6.45) is 1.94. The van der Waals surface area contributed by atoms with Gasteiger partial charge in [-0.2, -0.15) is 4.31 Å². The normalized spacial score (nSPS) is 20.4. The number of thiophene rings is 1. The van der Waals surface area contributed by atoms with Crippen LogP contribution in [0.4, 0.5) is 5.69 Å². The van der Waals surface area contributed by atoms with Gasteiger partial charge in [-0.1, -0.05) is 13.0 Å². The smallest absolute Gasteiger partial charge is 0.252 e. The van der Waals surface area contributed by atoms with Crippen LogP contribution in [0.15, 0.2) is 34.5 Å². The third kappa shape index (κ3) is 5.15. The summed E-state index contributed by atoms with van der Waals surface area (Å²) < 4.78 is 27.7. The molecule has 7 nitrogen and oxygen atoms in total. The average molecular weight is 490 g/mol. The first kappa shape index (κ1) is 23.9. The van der Waals surface area contributed by atoms with Crippen molar-refractivity contribution in [2.45, 2.75) is 50.8 Å². The number of amides is 2. The Morgan fingerprint density at radius 1 is 1.12 bits per heavy atom. The van der Waals surface area contributed by atoms with E-state index in [9.17, 15) is 18.0 Å². The molecule has 2 aromatic rings. The molecule has 33 heavy (non-hydrogen) atoms. The number of hydrogen-bond donors (Lipinski definition) is 1. The van der Waals surface area contributed by atoms with Crippen LogP contribution >= 0.6 is 11.3 Å². The van der Waals surface area contributed by atoms with Crippen molar-refractivity contribution >= 4 is 38.9 Å². The molecule has 1 aromatic carbocycles. The number of nitrogens with zero attached hydrogens (tertiary/aromatic N) is 2. The lowest BCUT2D eigenvalue weighted by Gasteiger charge is -2.28. The molecule has 3 heterocycles. The van der Waals surface area contributed by atoms with Gasteiger partial charge >= 0.3 is 0 Å². The first-order valence-corrected chi connectivity index (χ1v) is 13.6. The van der Waals surface area contributed by atoms with Crippen molar-refractivity contribution in [3.63, 3.8) is 0 Å². The van der Waals surface area contributed by atoms with E-state index in [2.05, 4.69) is 12.2 Å². The lowest BCUT2D eigenvalue weighted by Crippen LogP contribution is -2.37. The summed E-state index contributed by atoms with van der Waals surface area (Å²) in [6, 6.07) is 9.26. The Morgan fingerprint density at radius 2 is 1.85 bits per heavy atom. The summed E-state index contributed by atoms with van der Waals surface area (Å²) in [5.74, 6) is -0.104. The molecule has 0 spiro atoms. The second-order valence-electron chi connectivity index (χ2n) is 9.20. The Labute approximate surface area is 199 Å². The zero-order valence-corrected chi connectivity index (χ0v) is 21.0. The zero-order chi connectivity index (χ0) is 23.8. The van der Waals surface area contributed by atoms with Crippen molar-refractivity contribution in [2.75, 3.05) is 24.5 Å². The molecule has 0 aliphatic carbocycles. The third-order valence-corrected chi connectivity index (χ3v) is 10.2. The lowest BCUT2D eigenvalue weighted by atomic mass is 10.0. The highest BCUT2D eigenvalue weighted by molar-refractivity contribution is 7.91. The van der Waals surface area contributed by atoms with E-state index < -0.39 is 15.9 Å². The number of benzene rings is 1. The summed E-state index contributed by atoms with van der Waals surface area (Å²) in [7, 11) is -3.48. The maximum atomic E-state index is 12.9. The maximum Gasteiger partial charge on any atom is 0.252 e. The van der Waals surface area contributed by atoms with Gasteiger partial charge in [-0.05, 0) is 68.0 Å². The Hall–Kier alpha value is -2.23. The quantitative estimate of drug-likeness (QED) is 0.673. The molecule has 4 rings (SSSR count). The van der Waals surface area contributed by atoms with Gasteiger partial charge in [0.25, 0.3) is 10.0 Å². The average Bonchev–Trinajstić information content (AvgIpc) is 3.42. The number of carbonyl (C=O) groups excluding carboxylic acids is 2. The summed E-state index contributed by atoms with van der Waals surface area (Å²) in [6.45, 7) is 7.89. The molecule has 1 N–H and O–H groups in total. The second-order valence-corrected chi connectivity index (χ2v) is 12.5. The van der Waals surface area contributed by atoms with Crippen LogP contribution in [0.5, 0.6) is 0 Å². The van der Waals surface area contributed by atoms with Crippen LogP contribution in [0.3, 0.4) is 0 Å². The van der Waals surface area contributed by atoms with Crippen molar-refractivity contribution in [3.05, 3.63) is 46.3 Å². The molecule has 1 aromatic heterocycles. The lowest BCUT2D eigenvalue weighted by molar-refractivity contribution is -0.126. The van der Waals surface area contributed by atoms with Gasteiger partial charge in [-0.25, -0.2) is 8.42 Å². The van der Waals surface area contributed by atoms with Gasteiger partial charge in [0.2, 0.25) is 11.8 Å². The largest absolute Gasteiger partial charge is 0.351 e. The number of piperidine rings is 1. The molecule has 2 saturated heterocycles. The van der Waals surface area contributed by atoms with Gasteiger partial charge < -0.3 is 10.2 Å². The highest BCUT2D eigenvalue weighted by atomic mass is 32.2. The van der Waals surface area contributed by atoms with Crippen LogP contribution in [0, 0.1) is 25.7 Å². The summed E-state index contributed by atoms with van der Waals surface area (Å²) in [5, 5.41) is 2.89. The Balaban J connectivity index is 1.34. The van der Waals surface area contributed by atoms with Gasteiger partial charge in [0, 0.05) is 36.6 Å². The Morgan fingerprint density at radius 3 is 2.55 bits per heavy atom. The minimum atomic E-state index is -3.48. The van der Waals surface area contributed by atoms with Gasteiger partial charge in [0.15, 0.2) is 0 Å². The van der Waals surface area contributed by atoms with Crippen molar-refractivity contribution in [1.82, 2.24) is 9.62 Å². The Bertz CT molecular complexity index is 1150. The molecular weight excluding hydrogens is 458 g/mol. The molecule has 1 atom stereocenters. The number of rotatable bonds is 6. The SMILES string of the molecule is Cc1ccc(N2C[C@@H](C(=O)NCc3ccc(S(=O)(=O)N4CCC(C)CC4)s3)CC2=O)cc1C. The monoisotopic (exact) mass is 489 g/mol. The molecule has 9 heteroatoms. The fourth-order valence-electron chi connectivity index (χ4n) is 4.29. The summed E-state index contributed by atoms with van der Waals surface area (Å²) in [4.78, 5) is 27.7. The van der Waals surface area contributed by atoms with Crippen LogP contribution in [0.1, 0.15) is 42.2 Å². The van der Waals surface area contributed by atoms with Crippen molar-refractivity contribution < 1.29 is 18.0 Å². The van der Waals surface area contributed by atoms with Gasteiger partial charge in [0.1, 0.15) is 4.21 Å². The fourth-order valence-corrected chi connectivity index (χ4v) is 7.21. The standard InChI is InChI=1S/C24H31N3O4S2/c1-16-8-10-26(11-9-16)33(30,31)23-7-6-21(32-23)14-25-24(29)19-13-22(28)27(15-19)20-5-4-17(2)18(3)12-20/h4-7,12,16,19H,8-11,13-15H2,1-3H3,(H,25,29)/t19-/m0/s1. The third-order valence-electron chi connectivity index (χ3n) is 6.71. The molecule has 2 amide bonds. The van der Waals surface area contributed by atoms with Gasteiger partial charge in [0.05, 0.1) is 12.5 Å². The molecule has 2 aliphatic heterocycles. The number of carbonyl (C=O) groups is 2. The van der Waals surface area contributed by atoms with E-state index in [1.807, 2.05) is 32.0 Å². The van der Waals surface area contributed by atoms with E-state index >= 15 is 0 Å². The minimum Gasteiger partial charge on any atom is -0.351 e. The van der Waals surface area contributed by atoms with Gasteiger partial charge in [-0.3, -0.25) is 9.59 Å². The van der Waals surface area contributed by atoms with Crippen LogP contribution in [-0.2, 0) is 26.2 Å². The van der Waals surface area contributed by atoms with Crippen LogP contribution in [-0.4, -0.2) is 44.2 Å². The fraction of sp³-hybridized carbons (Fsp3) is 0.500. The van der Waals surface area contributed by atoms with E-state index in [4.69, 9.17) is 0 Å². The number of hydrogen-bond acceptors (Lipinski definition) is 5. The first-order valence-electron chi connectivity index (χ1n) is 11.4. The van der Waals surface area contributed by atoms with Crippen LogP contribution < -0.4 is 10.2 Å². The van der Waals surface area contributed by atoms with Crippen molar-refractivity contribution in [2.24, 2.45) is 11.8 Å². The maximum absolute atomic E-state index is 12.9. The topological polar surface area (TPSA) is 86.8 Å². The van der Waals surface area contributed by atoms with E-state index in [0.29, 0.717) is 29.8 Å². The predicted molar refractivity (Wildman–Crippen MR) is 130 cm³/mol. The van der Waals surface area contributed by atoms with Crippen molar-refractivity contribution in [1.29, 1.82) is 0 Å². The highest BCUT2D eigenvalue weighted by Gasteiger charge is 2.35. The second kappa shape index (κ2) is 9.56. The molecular formula is C24H31N3O4S2. The molecule has 2 fully saturated rings. The molecule has 0 bridgehead atoms. The number of aryl methyl sites for hydroxylation is 2. The van der Waals surface area contributed by atoms with Gasteiger partial charge in [-0.15, -0.1) is 11.3 Å². The molecule has 0 saturated carbocycles. The summed E-state index contributed by atoms with van der Waals surface area (Å²) in [5.41, 5.74) is 3.08. The number of sulfonamides is 1. The van der Waals surface area contributed by atoms with Crippen LogP contribution in [0.2, 0.25) is 0 Å². The van der Waals surface area contributed by atoms with Crippen LogP contribution in [0.25, 0.3) is 0 Å². The number of anilines is 1. The van der Waals surface area contributed by atoms with E-state index in [0.717, 1.165) is 34.5 Å². The molecule has 2 aliphatic rings. The first-order chi connectivity index (χ1) is 15.6.